The maximum Gasteiger partial charge on any atom is 0.248 e. The number of anilines is 3. The zero-order valence-corrected chi connectivity index (χ0v) is 22.6. The first-order valence-corrected chi connectivity index (χ1v) is 13.3. The Morgan fingerprint density at radius 1 is 1.07 bits per heavy atom. The van der Waals surface area contributed by atoms with Gasteiger partial charge in [0.1, 0.15) is 17.9 Å². The smallest absolute Gasteiger partial charge is 0.248 e. The molecule has 12 nitrogen and oxygen atoms in total. The second-order valence-electron chi connectivity index (χ2n) is 10.6. The van der Waals surface area contributed by atoms with Gasteiger partial charge < -0.3 is 46.6 Å². The number of carbonyl (C=O) groups excluding carboxylic acids is 2. The molecule has 0 radical (unpaired) electrons. The summed E-state index contributed by atoms with van der Waals surface area (Å²) >= 11 is 0. The predicted molar refractivity (Wildman–Crippen MR) is 151 cm³/mol. The highest BCUT2D eigenvalue weighted by Crippen LogP contribution is 2.35. The van der Waals surface area contributed by atoms with Crippen LogP contribution in [0.15, 0.2) is 54.7 Å². The van der Waals surface area contributed by atoms with E-state index in [2.05, 4.69) is 26.3 Å². The molecule has 1 saturated carbocycles. The van der Waals surface area contributed by atoms with Crippen molar-refractivity contribution in [2.75, 3.05) is 49.7 Å². The largest absolute Gasteiger partial charge is 0.390 e. The SMILES string of the molecule is CN(C)C/C=C/C(=O)Nc1ccnc(C(=O)C2(O)C[C@@H](O)C(O)[C@H](O)C2Nc2ccc(NC3CCNC3)cc2)c1. The number of likely N-dealkylation sites (N-methyl/N-ethyl adjacent to an activating group) is 1. The summed E-state index contributed by atoms with van der Waals surface area (Å²) in [5.41, 5.74) is -0.836. The standard InChI is InChI=1S/C28H38N6O6/c1-34(2)13-3-4-23(36)32-19-10-12-30-21(14-19)27(39)28(40)15-22(35)24(37)25(38)26(28)33-18-7-5-17(6-8-18)31-20-9-11-29-16-20/h3-8,10,12,14,20,22,24-26,29,31,33,35,37-38,40H,9,11,13,15-16H2,1-2H3,(H,30,32,36)/b4-3+/t20?,22-,24?,25+,26?,28?/m1/s1. The number of aromatic nitrogens is 1. The number of hydrogen-bond donors (Lipinski definition) is 8. The van der Waals surface area contributed by atoms with Crippen LogP contribution < -0.4 is 21.3 Å². The molecule has 2 aromatic rings. The summed E-state index contributed by atoms with van der Waals surface area (Å²) in [4.78, 5) is 31.9. The fraction of sp³-hybridized carbons (Fsp3) is 0.464. The van der Waals surface area contributed by atoms with Crippen LogP contribution in [0, 0.1) is 0 Å². The molecule has 1 aromatic heterocycles. The highest BCUT2D eigenvalue weighted by atomic mass is 16.4. The molecule has 40 heavy (non-hydrogen) atoms. The summed E-state index contributed by atoms with van der Waals surface area (Å²) in [5, 5.41) is 55.6. The van der Waals surface area contributed by atoms with Crippen molar-refractivity contribution in [3.05, 3.63) is 60.4 Å². The molecule has 12 heteroatoms. The number of ketones is 1. The van der Waals surface area contributed by atoms with Crippen molar-refractivity contribution in [1.29, 1.82) is 0 Å². The maximum absolute atomic E-state index is 13.6. The third kappa shape index (κ3) is 7.02. The minimum Gasteiger partial charge on any atom is -0.390 e. The first-order valence-electron chi connectivity index (χ1n) is 13.3. The van der Waals surface area contributed by atoms with E-state index in [9.17, 15) is 30.0 Å². The molecule has 4 unspecified atom stereocenters. The number of carbonyl (C=O) groups is 2. The Labute approximate surface area is 233 Å². The van der Waals surface area contributed by atoms with Crippen LogP contribution in [0.2, 0.25) is 0 Å². The van der Waals surface area contributed by atoms with E-state index in [-0.39, 0.29) is 11.4 Å². The zero-order chi connectivity index (χ0) is 28.9. The van der Waals surface area contributed by atoms with Crippen LogP contribution in [0.1, 0.15) is 23.3 Å². The fourth-order valence-electron chi connectivity index (χ4n) is 4.98. The number of aliphatic hydroxyl groups is 4. The lowest BCUT2D eigenvalue weighted by Gasteiger charge is -2.46. The van der Waals surface area contributed by atoms with Gasteiger partial charge in [-0.15, -0.1) is 0 Å². The van der Waals surface area contributed by atoms with E-state index in [4.69, 9.17) is 0 Å². The highest BCUT2D eigenvalue weighted by molar-refractivity contribution is 6.04. The topological polar surface area (TPSA) is 179 Å². The second-order valence-corrected chi connectivity index (χ2v) is 10.6. The normalized spacial score (nSPS) is 28.5. The molecule has 1 aliphatic carbocycles. The number of Topliss-reactive ketones (excluding diaryl/α,β-unsaturated/α-hetero) is 1. The molecule has 1 saturated heterocycles. The average molecular weight is 555 g/mol. The number of benzene rings is 1. The molecule has 216 valence electrons. The van der Waals surface area contributed by atoms with E-state index in [0.29, 0.717) is 18.3 Å². The van der Waals surface area contributed by atoms with Crippen LogP contribution >= 0.6 is 0 Å². The van der Waals surface area contributed by atoms with Gasteiger partial charge in [0, 0.05) is 54.9 Å². The van der Waals surface area contributed by atoms with E-state index >= 15 is 0 Å². The Kier molecular flexibility index (Phi) is 9.51. The van der Waals surface area contributed by atoms with Gasteiger partial charge >= 0.3 is 0 Å². The number of amides is 1. The molecule has 8 N–H and O–H groups in total. The number of nitrogens with one attached hydrogen (secondary N) is 4. The molecule has 1 aliphatic heterocycles. The van der Waals surface area contributed by atoms with Crippen LogP contribution in [-0.2, 0) is 4.79 Å². The van der Waals surface area contributed by atoms with Gasteiger partial charge in [-0.25, -0.2) is 0 Å². The molecule has 1 aromatic carbocycles. The van der Waals surface area contributed by atoms with E-state index in [1.807, 2.05) is 31.1 Å². The highest BCUT2D eigenvalue weighted by Gasteiger charge is 2.56. The van der Waals surface area contributed by atoms with Crippen molar-refractivity contribution in [3.8, 4) is 0 Å². The first-order chi connectivity index (χ1) is 19.1. The molecule has 4 rings (SSSR count). The lowest BCUT2D eigenvalue weighted by atomic mass is 9.72. The summed E-state index contributed by atoms with van der Waals surface area (Å²) in [6.45, 7) is 2.40. The zero-order valence-electron chi connectivity index (χ0n) is 22.6. The Balaban J connectivity index is 1.52. The maximum atomic E-state index is 13.6. The van der Waals surface area contributed by atoms with Crippen molar-refractivity contribution < 1.29 is 30.0 Å². The first kappa shape index (κ1) is 29.6. The lowest BCUT2D eigenvalue weighted by molar-refractivity contribution is -0.146. The van der Waals surface area contributed by atoms with Crippen molar-refractivity contribution >= 4 is 28.8 Å². The molecule has 0 bridgehead atoms. The third-order valence-corrected chi connectivity index (χ3v) is 7.15. The van der Waals surface area contributed by atoms with Gasteiger partial charge in [-0.2, -0.15) is 0 Å². The number of rotatable bonds is 10. The van der Waals surface area contributed by atoms with Gasteiger partial charge in [0.15, 0.2) is 5.60 Å². The third-order valence-electron chi connectivity index (χ3n) is 7.15. The van der Waals surface area contributed by atoms with E-state index in [1.165, 1.54) is 24.4 Å². The number of aliphatic hydroxyl groups excluding tert-OH is 3. The van der Waals surface area contributed by atoms with Crippen LogP contribution in [-0.4, -0.2) is 112 Å². The molecule has 6 atom stereocenters. The predicted octanol–water partition coefficient (Wildman–Crippen LogP) is -0.207. The number of nitrogens with zero attached hydrogens (tertiary/aromatic N) is 2. The second kappa shape index (κ2) is 12.9. The minimum absolute atomic E-state index is 0.176. The molecular weight excluding hydrogens is 516 g/mol. The van der Waals surface area contributed by atoms with E-state index in [0.717, 1.165) is 25.2 Å². The quantitative estimate of drug-likeness (QED) is 0.144. The van der Waals surface area contributed by atoms with Crippen molar-refractivity contribution in [3.63, 3.8) is 0 Å². The van der Waals surface area contributed by atoms with Gasteiger partial charge in [-0.3, -0.25) is 14.6 Å². The van der Waals surface area contributed by atoms with Gasteiger partial charge in [-0.1, -0.05) is 6.08 Å². The summed E-state index contributed by atoms with van der Waals surface area (Å²) < 4.78 is 0. The molecule has 1 amide bonds. The summed E-state index contributed by atoms with van der Waals surface area (Å²) in [5.74, 6) is -1.28. The van der Waals surface area contributed by atoms with Crippen LogP contribution in [0.3, 0.4) is 0 Å². The summed E-state index contributed by atoms with van der Waals surface area (Å²) in [7, 11) is 3.74. The van der Waals surface area contributed by atoms with E-state index < -0.39 is 48.1 Å². The minimum atomic E-state index is -2.33. The van der Waals surface area contributed by atoms with Crippen molar-refractivity contribution in [2.24, 2.45) is 0 Å². The summed E-state index contributed by atoms with van der Waals surface area (Å²) in [6.07, 6.45) is 0.0190. The van der Waals surface area contributed by atoms with Crippen LogP contribution in [0.4, 0.5) is 17.1 Å². The van der Waals surface area contributed by atoms with Gasteiger partial charge in [0.05, 0.1) is 12.1 Å². The fourth-order valence-corrected chi connectivity index (χ4v) is 4.98. The number of pyridine rings is 1. The van der Waals surface area contributed by atoms with Crippen LogP contribution in [0.5, 0.6) is 0 Å². The molecular formula is C28H38N6O6. The van der Waals surface area contributed by atoms with Gasteiger partial charge in [-0.05, 0) is 63.5 Å². The van der Waals surface area contributed by atoms with Crippen LogP contribution in [0.25, 0.3) is 0 Å². The Bertz CT molecular complexity index is 1200. The number of hydrogen-bond acceptors (Lipinski definition) is 11. The molecule has 0 spiro atoms. The Morgan fingerprint density at radius 2 is 1.77 bits per heavy atom. The van der Waals surface area contributed by atoms with E-state index in [1.54, 1.807) is 18.2 Å². The molecule has 2 heterocycles. The van der Waals surface area contributed by atoms with Crippen molar-refractivity contribution in [2.45, 2.75) is 48.8 Å². The molecule has 2 aliphatic rings. The van der Waals surface area contributed by atoms with Gasteiger partial charge in [0.25, 0.3) is 0 Å². The van der Waals surface area contributed by atoms with Gasteiger partial charge in [0.2, 0.25) is 11.7 Å². The monoisotopic (exact) mass is 554 g/mol. The van der Waals surface area contributed by atoms with Crippen molar-refractivity contribution in [1.82, 2.24) is 15.2 Å². The Hall–Kier alpha value is -3.39. The summed E-state index contributed by atoms with van der Waals surface area (Å²) in [6, 6.07) is 8.91. The Morgan fingerprint density at radius 3 is 2.42 bits per heavy atom. The average Bonchev–Trinajstić information content (AvgIpc) is 3.43. The molecule has 2 fully saturated rings. The lowest BCUT2D eigenvalue weighted by Crippen LogP contribution is -2.68.